The Bertz CT molecular complexity index is 509. The number of rotatable bonds is 4. The van der Waals surface area contributed by atoms with E-state index in [1.54, 1.807) is 6.08 Å². The van der Waals surface area contributed by atoms with Gasteiger partial charge in [-0.2, -0.15) is 0 Å². The molecule has 0 spiro atoms. The molecule has 4 heteroatoms. The number of anilines is 1. The van der Waals surface area contributed by atoms with Gasteiger partial charge in [0.25, 0.3) is 0 Å². The lowest BCUT2D eigenvalue weighted by atomic mass is 10.0. The highest BCUT2D eigenvalue weighted by Crippen LogP contribution is 2.18. The maximum absolute atomic E-state index is 11.4. The van der Waals surface area contributed by atoms with Crippen molar-refractivity contribution in [3.8, 4) is 0 Å². The van der Waals surface area contributed by atoms with Crippen molar-refractivity contribution in [2.24, 2.45) is 0 Å². The van der Waals surface area contributed by atoms with Crippen LogP contribution in [-0.4, -0.2) is 37.9 Å². The maximum atomic E-state index is 11.4. The first kappa shape index (κ1) is 14.5. The van der Waals surface area contributed by atoms with Crippen LogP contribution in [0, 0.1) is 0 Å². The van der Waals surface area contributed by atoms with Crippen molar-refractivity contribution < 1.29 is 14.3 Å². The summed E-state index contributed by atoms with van der Waals surface area (Å²) >= 11 is 0. The van der Waals surface area contributed by atoms with E-state index in [2.05, 4.69) is 4.90 Å². The van der Waals surface area contributed by atoms with Crippen molar-refractivity contribution >= 4 is 23.3 Å². The van der Waals surface area contributed by atoms with Gasteiger partial charge < -0.3 is 9.64 Å². The van der Waals surface area contributed by atoms with E-state index in [9.17, 15) is 9.59 Å². The number of morpholine rings is 1. The number of carbonyl (C=O) groups is 2. The molecule has 1 heterocycles. The van der Waals surface area contributed by atoms with Crippen LogP contribution in [0.1, 0.15) is 19.4 Å². The van der Waals surface area contributed by atoms with Crippen LogP contribution < -0.4 is 4.90 Å². The molecule has 2 rings (SSSR count). The quantitative estimate of drug-likeness (QED) is 0.479. The topological polar surface area (TPSA) is 46.6 Å². The summed E-state index contributed by atoms with van der Waals surface area (Å²) in [7, 11) is 0. The molecular formula is C16H19NO3. The molecule has 0 radical (unpaired) electrons. The molecule has 1 aromatic carbocycles. The zero-order valence-corrected chi connectivity index (χ0v) is 11.9. The third-order valence-electron chi connectivity index (χ3n) is 3.34. The molecule has 1 fully saturated rings. The second-order valence-electron chi connectivity index (χ2n) is 4.86. The number of ether oxygens (including phenoxy) is 1. The summed E-state index contributed by atoms with van der Waals surface area (Å²) in [5.41, 5.74) is 2.24. The smallest absolute Gasteiger partial charge is 0.163 e. The van der Waals surface area contributed by atoms with Gasteiger partial charge in [0.1, 0.15) is 0 Å². The first-order valence-corrected chi connectivity index (χ1v) is 6.74. The van der Waals surface area contributed by atoms with E-state index in [0.29, 0.717) is 0 Å². The molecule has 0 atom stereocenters. The van der Waals surface area contributed by atoms with Gasteiger partial charge in [0.15, 0.2) is 11.6 Å². The van der Waals surface area contributed by atoms with Crippen molar-refractivity contribution in [2.45, 2.75) is 13.8 Å². The number of Topliss-reactive ketones (excluding diaryl/α,β-unsaturated/α-hetero) is 2. The predicted molar refractivity (Wildman–Crippen MR) is 78.8 cm³/mol. The zero-order chi connectivity index (χ0) is 14.5. The molecule has 0 aliphatic carbocycles. The normalized spacial score (nSPS) is 14.8. The van der Waals surface area contributed by atoms with Crippen molar-refractivity contribution in [3.63, 3.8) is 0 Å². The third-order valence-corrected chi connectivity index (χ3v) is 3.34. The Hall–Kier alpha value is -1.94. The van der Waals surface area contributed by atoms with Crippen LogP contribution in [0.3, 0.4) is 0 Å². The molecule has 0 amide bonds. The summed E-state index contributed by atoms with van der Waals surface area (Å²) in [6.07, 6.45) is 1.65. The average Bonchev–Trinajstić information content (AvgIpc) is 2.45. The molecule has 106 valence electrons. The molecule has 0 saturated carbocycles. The largest absolute Gasteiger partial charge is 0.378 e. The highest BCUT2D eigenvalue weighted by atomic mass is 16.5. The Balaban J connectivity index is 2.17. The summed E-state index contributed by atoms with van der Waals surface area (Å²) in [5.74, 6) is -0.399. The van der Waals surface area contributed by atoms with E-state index in [0.717, 1.165) is 37.6 Å². The first-order valence-electron chi connectivity index (χ1n) is 6.74. The summed E-state index contributed by atoms with van der Waals surface area (Å²) in [6, 6.07) is 7.87. The summed E-state index contributed by atoms with van der Waals surface area (Å²) in [5, 5.41) is 0. The Morgan fingerprint density at radius 2 is 1.60 bits per heavy atom. The van der Waals surface area contributed by atoms with Gasteiger partial charge in [0.2, 0.25) is 0 Å². The van der Waals surface area contributed by atoms with Gasteiger partial charge in [-0.1, -0.05) is 12.1 Å². The minimum Gasteiger partial charge on any atom is -0.378 e. The number of carbonyl (C=O) groups excluding carboxylic acids is 2. The second-order valence-corrected chi connectivity index (χ2v) is 4.86. The number of ketones is 2. The SMILES string of the molecule is CC(=O)C(=Cc1ccc(N2CCOCC2)cc1)C(C)=O. The maximum Gasteiger partial charge on any atom is 0.163 e. The van der Waals surface area contributed by atoms with E-state index < -0.39 is 0 Å². The van der Waals surface area contributed by atoms with E-state index >= 15 is 0 Å². The van der Waals surface area contributed by atoms with Crippen LogP contribution in [0.5, 0.6) is 0 Å². The van der Waals surface area contributed by atoms with Crippen LogP contribution in [-0.2, 0) is 14.3 Å². The summed E-state index contributed by atoms with van der Waals surface area (Å²) in [6.45, 7) is 6.11. The molecule has 20 heavy (non-hydrogen) atoms. The lowest BCUT2D eigenvalue weighted by Crippen LogP contribution is -2.36. The predicted octanol–water partition coefficient (Wildman–Crippen LogP) is 2.08. The molecule has 0 aromatic heterocycles. The van der Waals surface area contributed by atoms with Gasteiger partial charge in [-0.05, 0) is 37.6 Å². The van der Waals surface area contributed by atoms with E-state index in [1.807, 2.05) is 24.3 Å². The molecule has 1 aliphatic heterocycles. The third kappa shape index (κ3) is 3.54. The summed E-state index contributed by atoms with van der Waals surface area (Å²) in [4.78, 5) is 25.0. The lowest BCUT2D eigenvalue weighted by molar-refractivity contribution is -0.119. The number of allylic oxidation sites excluding steroid dienone is 1. The fourth-order valence-corrected chi connectivity index (χ4v) is 2.22. The Morgan fingerprint density at radius 3 is 2.10 bits per heavy atom. The van der Waals surface area contributed by atoms with Crippen LogP contribution >= 0.6 is 0 Å². The number of hydrogen-bond acceptors (Lipinski definition) is 4. The number of hydrogen-bond donors (Lipinski definition) is 0. The van der Waals surface area contributed by atoms with Gasteiger partial charge in [-0.25, -0.2) is 0 Å². The molecular weight excluding hydrogens is 254 g/mol. The minimum absolute atomic E-state index is 0.199. The molecule has 0 N–H and O–H groups in total. The standard InChI is InChI=1S/C16H19NO3/c1-12(18)16(13(2)19)11-14-3-5-15(6-4-14)17-7-9-20-10-8-17/h3-6,11H,7-10H2,1-2H3. The fourth-order valence-electron chi connectivity index (χ4n) is 2.22. The van der Waals surface area contributed by atoms with E-state index in [1.165, 1.54) is 13.8 Å². The number of benzene rings is 1. The van der Waals surface area contributed by atoms with Gasteiger partial charge in [0, 0.05) is 18.8 Å². The zero-order valence-electron chi connectivity index (χ0n) is 11.9. The monoisotopic (exact) mass is 273 g/mol. The Labute approximate surface area is 119 Å². The molecule has 1 aliphatic rings. The highest BCUT2D eigenvalue weighted by molar-refractivity contribution is 6.21. The van der Waals surface area contributed by atoms with Gasteiger partial charge in [-0.3, -0.25) is 9.59 Å². The molecule has 1 aromatic rings. The van der Waals surface area contributed by atoms with Crippen LogP contribution in [0.15, 0.2) is 29.8 Å². The highest BCUT2D eigenvalue weighted by Gasteiger charge is 2.12. The molecule has 1 saturated heterocycles. The molecule has 0 bridgehead atoms. The van der Waals surface area contributed by atoms with Gasteiger partial charge >= 0.3 is 0 Å². The van der Waals surface area contributed by atoms with Gasteiger partial charge in [-0.15, -0.1) is 0 Å². The minimum atomic E-state index is -0.199. The Kier molecular flexibility index (Phi) is 4.69. The molecule has 4 nitrogen and oxygen atoms in total. The fraction of sp³-hybridized carbons (Fsp3) is 0.375. The van der Waals surface area contributed by atoms with Crippen LogP contribution in [0.25, 0.3) is 6.08 Å². The lowest BCUT2D eigenvalue weighted by Gasteiger charge is -2.28. The van der Waals surface area contributed by atoms with Crippen LogP contribution in [0.2, 0.25) is 0 Å². The second kappa shape index (κ2) is 6.48. The van der Waals surface area contributed by atoms with E-state index in [4.69, 9.17) is 4.74 Å². The molecule has 0 unspecified atom stereocenters. The van der Waals surface area contributed by atoms with Crippen molar-refractivity contribution in [2.75, 3.05) is 31.2 Å². The van der Waals surface area contributed by atoms with Crippen LogP contribution in [0.4, 0.5) is 5.69 Å². The average molecular weight is 273 g/mol. The van der Waals surface area contributed by atoms with E-state index in [-0.39, 0.29) is 17.1 Å². The Morgan fingerprint density at radius 1 is 1.05 bits per heavy atom. The van der Waals surface area contributed by atoms with Crippen molar-refractivity contribution in [1.82, 2.24) is 0 Å². The van der Waals surface area contributed by atoms with Gasteiger partial charge in [0.05, 0.1) is 18.8 Å². The van der Waals surface area contributed by atoms with Crippen molar-refractivity contribution in [1.29, 1.82) is 0 Å². The first-order chi connectivity index (χ1) is 9.58. The number of nitrogens with zero attached hydrogens (tertiary/aromatic N) is 1. The van der Waals surface area contributed by atoms with Crippen molar-refractivity contribution in [3.05, 3.63) is 35.4 Å². The summed E-state index contributed by atoms with van der Waals surface area (Å²) < 4.78 is 5.32.